The Balaban J connectivity index is 3.66. The van der Waals surface area contributed by atoms with E-state index in [-0.39, 0.29) is 17.7 Å². The lowest BCUT2D eigenvalue weighted by Gasteiger charge is -2.08. The van der Waals surface area contributed by atoms with Gasteiger partial charge in [0.05, 0.1) is 6.04 Å². The molecule has 64 valence electrons. The highest BCUT2D eigenvalue weighted by molar-refractivity contribution is 5.86. The lowest BCUT2D eigenvalue weighted by atomic mass is 10.2. The first-order valence-corrected chi connectivity index (χ1v) is 3.87. The molecular formula is C8H15NO2. The lowest BCUT2D eigenvalue weighted by Crippen LogP contribution is -2.36. The van der Waals surface area contributed by atoms with Crippen molar-refractivity contribution in [3.63, 3.8) is 0 Å². The summed E-state index contributed by atoms with van der Waals surface area (Å²) in [4.78, 5) is 21.6. The molecule has 0 saturated heterocycles. The number of amides is 1. The zero-order chi connectivity index (χ0) is 8.85. The highest BCUT2D eigenvalue weighted by Gasteiger charge is 2.09. The van der Waals surface area contributed by atoms with Crippen LogP contribution in [0.2, 0.25) is 0 Å². The fourth-order valence-electron chi connectivity index (χ4n) is 0.642. The van der Waals surface area contributed by atoms with Crippen molar-refractivity contribution in [3.05, 3.63) is 0 Å². The van der Waals surface area contributed by atoms with E-state index in [2.05, 4.69) is 5.32 Å². The highest BCUT2D eigenvalue weighted by Crippen LogP contribution is 1.89. The summed E-state index contributed by atoms with van der Waals surface area (Å²) < 4.78 is 0. The predicted molar refractivity (Wildman–Crippen MR) is 43.2 cm³/mol. The van der Waals surface area contributed by atoms with Crippen molar-refractivity contribution in [1.29, 1.82) is 0 Å². The maximum Gasteiger partial charge on any atom is 0.220 e. The summed E-state index contributed by atoms with van der Waals surface area (Å²) >= 11 is 0. The third-order valence-corrected chi connectivity index (χ3v) is 1.46. The molecule has 1 unspecified atom stereocenters. The number of hydrogen-bond acceptors (Lipinski definition) is 2. The summed E-state index contributed by atoms with van der Waals surface area (Å²) in [6.45, 7) is 5.09. The smallest absolute Gasteiger partial charge is 0.220 e. The van der Waals surface area contributed by atoms with Gasteiger partial charge in [-0.25, -0.2) is 0 Å². The van der Waals surface area contributed by atoms with E-state index < -0.39 is 0 Å². The zero-order valence-corrected chi connectivity index (χ0v) is 7.31. The summed E-state index contributed by atoms with van der Waals surface area (Å²) in [6.07, 6.45) is 1.31. The minimum Gasteiger partial charge on any atom is -0.347 e. The molecule has 0 aliphatic rings. The van der Waals surface area contributed by atoms with Gasteiger partial charge in [-0.3, -0.25) is 9.59 Å². The molecule has 3 nitrogen and oxygen atoms in total. The quantitative estimate of drug-likeness (QED) is 0.658. The van der Waals surface area contributed by atoms with E-state index in [1.165, 1.54) is 6.92 Å². The van der Waals surface area contributed by atoms with Crippen LogP contribution in [0.4, 0.5) is 0 Å². The Morgan fingerprint density at radius 1 is 1.45 bits per heavy atom. The normalized spacial score (nSPS) is 12.3. The Bertz CT molecular complexity index is 154. The van der Waals surface area contributed by atoms with Crippen molar-refractivity contribution in [2.24, 2.45) is 0 Å². The summed E-state index contributed by atoms with van der Waals surface area (Å²) in [6, 6.07) is -0.339. The van der Waals surface area contributed by atoms with Crippen LogP contribution in [-0.4, -0.2) is 17.7 Å². The Hall–Kier alpha value is -0.860. The standard InChI is InChI=1S/C8H15NO2/c1-4-5-8(11)9-6(2)7(3)10/h6H,4-5H2,1-3H3,(H,9,11). The largest absolute Gasteiger partial charge is 0.347 e. The molecule has 0 aromatic carbocycles. The maximum atomic E-state index is 10.9. The number of nitrogens with one attached hydrogen (secondary N) is 1. The van der Waals surface area contributed by atoms with Crippen molar-refractivity contribution in [1.82, 2.24) is 5.32 Å². The van der Waals surface area contributed by atoms with Crippen LogP contribution in [0.25, 0.3) is 0 Å². The van der Waals surface area contributed by atoms with E-state index >= 15 is 0 Å². The van der Waals surface area contributed by atoms with Crippen LogP contribution in [0.1, 0.15) is 33.6 Å². The first kappa shape index (κ1) is 10.1. The summed E-state index contributed by atoms with van der Waals surface area (Å²) in [5.41, 5.74) is 0. The van der Waals surface area contributed by atoms with E-state index in [1.807, 2.05) is 6.92 Å². The van der Waals surface area contributed by atoms with Gasteiger partial charge in [0.25, 0.3) is 0 Å². The van der Waals surface area contributed by atoms with E-state index in [0.29, 0.717) is 6.42 Å². The SMILES string of the molecule is CCCC(=O)NC(C)C(C)=O. The highest BCUT2D eigenvalue weighted by atomic mass is 16.2. The maximum absolute atomic E-state index is 10.9. The van der Waals surface area contributed by atoms with Crippen molar-refractivity contribution < 1.29 is 9.59 Å². The molecule has 0 radical (unpaired) electrons. The molecule has 0 aliphatic carbocycles. The molecule has 0 bridgehead atoms. The molecule has 0 aromatic rings. The second-order valence-corrected chi connectivity index (χ2v) is 2.65. The van der Waals surface area contributed by atoms with Gasteiger partial charge >= 0.3 is 0 Å². The van der Waals surface area contributed by atoms with Gasteiger partial charge in [0, 0.05) is 6.42 Å². The molecule has 0 aromatic heterocycles. The van der Waals surface area contributed by atoms with Gasteiger partial charge in [-0.15, -0.1) is 0 Å². The molecule has 0 aliphatic heterocycles. The molecule has 1 atom stereocenters. The number of carbonyl (C=O) groups is 2. The van der Waals surface area contributed by atoms with Crippen LogP contribution >= 0.6 is 0 Å². The van der Waals surface area contributed by atoms with Gasteiger partial charge < -0.3 is 5.32 Å². The molecular weight excluding hydrogens is 142 g/mol. The Kier molecular flexibility index (Phi) is 4.50. The van der Waals surface area contributed by atoms with Crippen molar-refractivity contribution in [3.8, 4) is 0 Å². The molecule has 0 spiro atoms. The first-order valence-electron chi connectivity index (χ1n) is 3.87. The fourth-order valence-corrected chi connectivity index (χ4v) is 0.642. The second-order valence-electron chi connectivity index (χ2n) is 2.65. The predicted octanol–water partition coefficient (Wildman–Crippen LogP) is 0.880. The second kappa shape index (κ2) is 4.88. The number of hydrogen-bond donors (Lipinski definition) is 1. The van der Waals surface area contributed by atoms with Gasteiger partial charge in [-0.05, 0) is 20.3 Å². The average Bonchev–Trinajstić information content (AvgIpc) is 1.87. The summed E-state index contributed by atoms with van der Waals surface area (Å²) in [5, 5.41) is 2.59. The monoisotopic (exact) mass is 157 g/mol. The topological polar surface area (TPSA) is 46.2 Å². The van der Waals surface area contributed by atoms with Gasteiger partial charge in [-0.2, -0.15) is 0 Å². The molecule has 3 heteroatoms. The Labute approximate surface area is 67.2 Å². The van der Waals surface area contributed by atoms with Crippen LogP contribution in [0, 0.1) is 0 Å². The molecule has 1 N–H and O–H groups in total. The molecule has 11 heavy (non-hydrogen) atoms. The van der Waals surface area contributed by atoms with Gasteiger partial charge in [0.15, 0.2) is 5.78 Å². The zero-order valence-electron chi connectivity index (χ0n) is 7.31. The van der Waals surface area contributed by atoms with Gasteiger partial charge in [-0.1, -0.05) is 6.92 Å². The third-order valence-electron chi connectivity index (χ3n) is 1.46. The number of ketones is 1. The number of carbonyl (C=O) groups excluding carboxylic acids is 2. The van der Waals surface area contributed by atoms with Crippen LogP contribution < -0.4 is 5.32 Å². The Morgan fingerprint density at radius 2 is 2.00 bits per heavy atom. The van der Waals surface area contributed by atoms with E-state index in [0.717, 1.165) is 6.42 Å². The van der Waals surface area contributed by atoms with E-state index in [1.54, 1.807) is 6.92 Å². The van der Waals surface area contributed by atoms with Gasteiger partial charge in [0.2, 0.25) is 5.91 Å². The average molecular weight is 157 g/mol. The minimum absolute atomic E-state index is 0.00514. The molecule has 0 rings (SSSR count). The van der Waals surface area contributed by atoms with Crippen molar-refractivity contribution >= 4 is 11.7 Å². The van der Waals surface area contributed by atoms with Crippen LogP contribution in [0.5, 0.6) is 0 Å². The summed E-state index contributed by atoms with van der Waals surface area (Å²) in [5.74, 6) is -0.0512. The minimum atomic E-state index is -0.339. The van der Waals surface area contributed by atoms with Crippen molar-refractivity contribution in [2.75, 3.05) is 0 Å². The van der Waals surface area contributed by atoms with Crippen molar-refractivity contribution in [2.45, 2.75) is 39.7 Å². The first-order chi connectivity index (χ1) is 5.07. The summed E-state index contributed by atoms with van der Waals surface area (Å²) in [7, 11) is 0. The van der Waals surface area contributed by atoms with Crippen LogP contribution in [0.3, 0.4) is 0 Å². The molecule has 0 saturated carbocycles. The van der Waals surface area contributed by atoms with E-state index in [4.69, 9.17) is 0 Å². The van der Waals surface area contributed by atoms with Crippen LogP contribution in [-0.2, 0) is 9.59 Å². The van der Waals surface area contributed by atoms with Crippen LogP contribution in [0.15, 0.2) is 0 Å². The number of Topliss-reactive ketones (excluding diaryl/α,β-unsaturated/α-hetero) is 1. The fraction of sp³-hybridized carbons (Fsp3) is 0.750. The molecule has 0 fully saturated rings. The molecule has 1 amide bonds. The lowest BCUT2D eigenvalue weighted by molar-refractivity contribution is -0.126. The Morgan fingerprint density at radius 3 is 2.36 bits per heavy atom. The third kappa shape index (κ3) is 4.53. The molecule has 0 heterocycles. The number of rotatable bonds is 4. The van der Waals surface area contributed by atoms with E-state index in [9.17, 15) is 9.59 Å². The van der Waals surface area contributed by atoms with Gasteiger partial charge in [0.1, 0.15) is 0 Å².